The third-order valence-corrected chi connectivity index (χ3v) is 6.49. The lowest BCUT2D eigenvalue weighted by Crippen LogP contribution is -2.29. The largest absolute Gasteiger partial charge is 0.392 e. The lowest BCUT2D eigenvalue weighted by molar-refractivity contribution is -0.101. The van der Waals surface area contributed by atoms with Crippen molar-refractivity contribution in [3.8, 4) is 0 Å². The van der Waals surface area contributed by atoms with Crippen LogP contribution in [0, 0.1) is 0 Å². The van der Waals surface area contributed by atoms with Crippen molar-refractivity contribution in [3.05, 3.63) is 161 Å². The Kier molecular flexibility index (Phi) is 12.8. The molecule has 14 heteroatoms. The summed E-state index contributed by atoms with van der Waals surface area (Å²) in [6.07, 6.45) is 10.0. The fourth-order valence-corrected chi connectivity index (χ4v) is 4.15. The molecular weight excluding hydrogens is 620 g/mol. The van der Waals surface area contributed by atoms with Crippen LogP contribution in [0.1, 0.15) is 58.1 Å². The third kappa shape index (κ3) is 9.03. The summed E-state index contributed by atoms with van der Waals surface area (Å²) < 4.78 is 0. The second kappa shape index (κ2) is 17.6. The normalized spacial score (nSPS) is 12.6. The van der Waals surface area contributed by atoms with Crippen molar-refractivity contribution in [2.75, 3.05) is 0 Å². The van der Waals surface area contributed by atoms with Gasteiger partial charge in [0, 0.05) is 37.2 Å². The first-order chi connectivity index (χ1) is 23.3. The average molecular weight is 651 g/mol. The van der Waals surface area contributed by atoms with Crippen LogP contribution in [0.3, 0.4) is 0 Å². The highest BCUT2D eigenvalue weighted by Gasteiger charge is 2.36. The highest BCUT2D eigenvalue weighted by Crippen LogP contribution is 2.23. The van der Waals surface area contributed by atoms with Gasteiger partial charge in [0.05, 0.1) is 35.5 Å². The summed E-state index contributed by atoms with van der Waals surface area (Å²) in [4.78, 5) is 67.4. The van der Waals surface area contributed by atoms with E-state index in [-0.39, 0.29) is 29.4 Å². The molecule has 4 amide bonds. The standard InChI is InChI=1S/C14H10N2O3.C8H5NO3.C6H8N2O.C6H7NO/c17-13-11-5-1-2-6-12(11)14(18)16(13)19-9-10-4-3-7-15-8-10;10-7-5-3-1-2-4-6(5)8(11)9(7)12;7-9-5-6-2-1-3-8-4-6;8-5-6-2-1-3-7-4-6/h1-8H,9H2;1-4,12H;1-4H,5,7H2;1-4,8H,5H2. The maximum atomic E-state index is 12.0. The summed E-state index contributed by atoms with van der Waals surface area (Å²) in [7, 11) is 0. The smallest absolute Gasteiger partial charge is 0.285 e. The van der Waals surface area contributed by atoms with Crippen LogP contribution in [-0.2, 0) is 29.5 Å². The van der Waals surface area contributed by atoms with E-state index >= 15 is 0 Å². The third-order valence-electron chi connectivity index (χ3n) is 6.49. The molecule has 3 aromatic heterocycles. The van der Waals surface area contributed by atoms with Crippen LogP contribution in [0.4, 0.5) is 0 Å². The van der Waals surface area contributed by atoms with Gasteiger partial charge in [-0.15, -0.1) is 10.1 Å². The number of aliphatic hydroxyl groups is 1. The number of aliphatic hydroxyl groups excluding tert-OH is 1. The quantitative estimate of drug-likeness (QED) is 0.137. The number of hydrogen-bond acceptors (Lipinski definition) is 12. The Balaban J connectivity index is 0.000000155. The van der Waals surface area contributed by atoms with Gasteiger partial charge in [-0.3, -0.25) is 49.0 Å². The number of rotatable bonds is 6. The van der Waals surface area contributed by atoms with Gasteiger partial charge in [0.25, 0.3) is 23.6 Å². The number of fused-ring (bicyclic) bond motifs is 2. The maximum Gasteiger partial charge on any atom is 0.285 e. The van der Waals surface area contributed by atoms with Gasteiger partial charge >= 0.3 is 0 Å². The topological polar surface area (TPSA) is 198 Å². The number of nitrogens with two attached hydrogens (primary N) is 1. The van der Waals surface area contributed by atoms with Gasteiger partial charge in [-0.25, -0.2) is 5.90 Å². The first-order valence-corrected chi connectivity index (χ1v) is 14.2. The molecule has 0 atom stereocenters. The number of carbonyl (C=O) groups is 4. The molecule has 0 radical (unpaired) electrons. The lowest BCUT2D eigenvalue weighted by atomic mass is 10.1. The van der Waals surface area contributed by atoms with Crippen LogP contribution in [-0.4, -0.2) is 59.0 Å². The lowest BCUT2D eigenvalue weighted by Gasteiger charge is -2.12. The molecule has 5 aromatic rings. The van der Waals surface area contributed by atoms with Crippen molar-refractivity contribution < 1.29 is 39.2 Å². The molecule has 244 valence electrons. The van der Waals surface area contributed by atoms with Crippen LogP contribution >= 0.6 is 0 Å². The Morgan fingerprint density at radius 2 is 0.958 bits per heavy atom. The zero-order chi connectivity index (χ0) is 34.3. The highest BCUT2D eigenvalue weighted by molar-refractivity contribution is 6.21. The molecule has 0 saturated heterocycles. The van der Waals surface area contributed by atoms with Gasteiger partial charge in [-0.2, -0.15) is 0 Å². The zero-order valence-electron chi connectivity index (χ0n) is 25.3. The maximum absolute atomic E-state index is 12.0. The van der Waals surface area contributed by atoms with E-state index in [1.54, 1.807) is 85.7 Å². The fourth-order valence-electron chi connectivity index (χ4n) is 4.15. The van der Waals surface area contributed by atoms with Crippen LogP contribution in [0.2, 0.25) is 0 Å². The van der Waals surface area contributed by atoms with E-state index in [2.05, 4.69) is 19.8 Å². The minimum Gasteiger partial charge on any atom is -0.392 e. The zero-order valence-corrected chi connectivity index (χ0v) is 25.3. The number of imide groups is 2. The molecule has 7 rings (SSSR count). The van der Waals surface area contributed by atoms with Gasteiger partial charge in [0.15, 0.2) is 0 Å². The monoisotopic (exact) mass is 650 g/mol. The summed E-state index contributed by atoms with van der Waals surface area (Å²) in [6.45, 7) is 0.626. The molecule has 14 nitrogen and oxygen atoms in total. The molecule has 2 aliphatic rings. The van der Waals surface area contributed by atoms with Gasteiger partial charge < -0.3 is 5.11 Å². The molecule has 2 aromatic carbocycles. The number of hydrogen-bond donors (Lipinski definition) is 3. The van der Waals surface area contributed by atoms with E-state index in [4.69, 9.17) is 21.0 Å². The molecule has 0 spiro atoms. The molecule has 0 saturated carbocycles. The van der Waals surface area contributed by atoms with Crippen molar-refractivity contribution >= 4 is 23.6 Å². The highest BCUT2D eigenvalue weighted by atomic mass is 16.7. The average Bonchev–Trinajstić information content (AvgIpc) is 3.52. The molecule has 5 heterocycles. The number of pyridine rings is 3. The van der Waals surface area contributed by atoms with E-state index in [1.807, 2.05) is 24.3 Å². The Hall–Kier alpha value is -6.03. The Labute approximate surface area is 274 Å². The summed E-state index contributed by atoms with van der Waals surface area (Å²) in [5.41, 5.74) is 3.89. The summed E-state index contributed by atoms with van der Waals surface area (Å²) in [6, 6.07) is 23.9. The van der Waals surface area contributed by atoms with E-state index < -0.39 is 23.6 Å². The second-order valence-corrected chi connectivity index (χ2v) is 9.74. The fraction of sp³-hybridized carbons (Fsp3) is 0.0882. The van der Waals surface area contributed by atoms with Crippen LogP contribution in [0.15, 0.2) is 122 Å². The second-order valence-electron chi connectivity index (χ2n) is 9.74. The minimum absolute atomic E-state index is 0.0772. The Bertz CT molecular complexity index is 1760. The summed E-state index contributed by atoms with van der Waals surface area (Å²) >= 11 is 0. The van der Waals surface area contributed by atoms with Crippen molar-refractivity contribution in [2.24, 2.45) is 5.90 Å². The molecule has 48 heavy (non-hydrogen) atoms. The van der Waals surface area contributed by atoms with Gasteiger partial charge in [-0.1, -0.05) is 42.5 Å². The van der Waals surface area contributed by atoms with E-state index in [0.717, 1.165) is 21.8 Å². The number of amides is 4. The number of benzene rings is 2. The van der Waals surface area contributed by atoms with Gasteiger partial charge in [-0.05, 0) is 59.2 Å². The first-order valence-electron chi connectivity index (χ1n) is 14.2. The van der Waals surface area contributed by atoms with Crippen molar-refractivity contribution in [3.63, 3.8) is 0 Å². The van der Waals surface area contributed by atoms with Crippen LogP contribution in [0.25, 0.3) is 0 Å². The Morgan fingerprint density at radius 3 is 1.31 bits per heavy atom. The summed E-state index contributed by atoms with van der Waals surface area (Å²) in [5.74, 6) is 2.67. The number of carbonyl (C=O) groups excluding carboxylic acids is 4. The Morgan fingerprint density at radius 1 is 0.562 bits per heavy atom. The number of aromatic nitrogens is 3. The van der Waals surface area contributed by atoms with E-state index in [1.165, 1.54) is 12.1 Å². The predicted molar refractivity (Wildman–Crippen MR) is 168 cm³/mol. The number of nitrogens with zero attached hydrogens (tertiary/aromatic N) is 5. The van der Waals surface area contributed by atoms with Crippen molar-refractivity contribution in [1.82, 2.24) is 25.1 Å². The minimum atomic E-state index is -0.657. The van der Waals surface area contributed by atoms with Crippen LogP contribution < -0.4 is 5.90 Å². The van der Waals surface area contributed by atoms with Gasteiger partial charge in [0.1, 0.15) is 6.61 Å². The predicted octanol–water partition coefficient (Wildman–Crippen LogP) is 3.53. The van der Waals surface area contributed by atoms with E-state index in [9.17, 15) is 19.2 Å². The molecule has 0 bridgehead atoms. The summed E-state index contributed by atoms with van der Waals surface area (Å²) in [5, 5.41) is 18.4. The van der Waals surface area contributed by atoms with Crippen molar-refractivity contribution in [2.45, 2.75) is 19.8 Å². The SMILES string of the molecule is NOCc1cccnc1.O=C1c2ccccc2C(=O)N1O.O=C1c2ccccc2C(=O)N1OCc1cccnc1.OCc1cccnc1. The molecular formula is C34H30N6O8. The molecule has 0 aliphatic carbocycles. The van der Waals surface area contributed by atoms with Crippen LogP contribution in [0.5, 0.6) is 0 Å². The molecule has 0 fully saturated rings. The van der Waals surface area contributed by atoms with Crippen molar-refractivity contribution in [1.29, 1.82) is 0 Å². The van der Waals surface area contributed by atoms with E-state index in [0.29, 0.717) is 17.7 Å². The number of hydroxylamine groups is 4. The molecule has 2 aliphatic heterocycles. The molecule has 4 N–H and O–H groups in total. The molecule has 0 unspecified atom stereocenters. The first kappa shape index (κ1) is 34.8. The van der Waals surface area contributed by atoms with Gasteiger partial charge in [0.2, 0.25) is 0 Å².